The van der Waals surface area contributed by atoms with Gasteiger partial charge in [0.05, 0.1) is 19.3 Å². The van der Waals surface area contributed by atoms with E-state index in [-0.39, 0.29) is 6.61 Å². The molecule has 0 spiro atoms. The van der Waals surface area contributed by atoms with Crippen LogP contribution < -0.4 is 0 Å². The van der Waals surface area contributed by atoms with Gasteiger partial charge in [0.15, 0.2) is 0 Å². The first-order valence-corrected chi connectivity index (χ1v) is 5.96. The Kier molecular flexibility index (Phi) is 4.14. The molecule has 2 rings (SSSR count). The second-order valence-corrected chi connectivity index (χ2v) is 4.56. The molecule has 4 atom stereocenters. The maximum Gasteiger partial charge on any atom is 0.111 e. The largest absolute Gasteiger partial charge is 0.396 e. The van der Waals surface area contributed by atoms with Crippen LogP contribution in [0.3, 0.4) is 0 Å². The van der Waals surface area contributed by atoms with E-state index in [4.69, 9.17) is 9.84 Å². The highest BCUT2D eigenvalue weighted by Crippen LogP contribution is 2.33. The van der Waals surface area contributed by atoms with Crippen molar-refractivity contribution >= 4 is 0 Å². The summed E-state index contributed by atoms with van der Waals surface area (Å²) in [4.78, 5) is 0. The van der Waals surface area contributed by atoms with Crippen LogP contribution in [0.1, 0.15) is 5.56 Å². The van der Waals surface area contributed by atoms with Crippen LogP contribution in [0.2, 0.25) is 0 Å². The molecule has 18 heavy (non-hydrogen) atoms. The van der Waals surface area contributed by atoms with Crippen LogP contribution in [0.4, 0.5) is 0 Å². The molecule has 98 valence electrons. The van der Waals surface area contributed by atoms with E-state index in [2.05, 4.69) is 6.58 Å². The molecule has 0 saturated heterocycles. The van der Waals surface area contributed by atoms with E-state index < -0.39 is 24.2 Å². The van der Waals surface area contributed by atoms with Crippen molar-refractivity contribution in [2.24, 2.45) is 5.92 Å². The fourth-order valence-electron chi connectivity index (χ4n) is 2.26. The topological polar surface area (TPSA) is 69.9 Å². The molecule has 1 aliphatic rings. The highest BCUT2D eigenvalue weighted by atomic mass is 16.5. The van der Waals surface area contributed by atoms with E-state index in [9.17, 15) is 10.2 Å². The van der Waals surface area contributed by atoms with Crippen LogP contribution in [0.15, 0.2) is 42.5 Å². The van der Waals surface area contributed by atoms with Gasteiger partial charge in [0.25, 0.3) is 0 Å². The Balaban J connectivity index is 1.99. The summed E-state index contributed by atoms with van der Waals surface area (Å²) in [7, 11) is 0. The second kappa shape index (κ2) is 5.63. The van der Waals surface area contributed by atoms with Gasteiger partial charge in [0, 0.05) is 5.92 Å². The van der Waals surface area contributed by atoms with Crippen molar-refractivity contribution in [1.29, 1.82) is 0 Å². The minimum absolute atomic E-state index is 0.234. The standard InChI is InChI=1S/C14H18O4/c1-9-11(7-15)12(16)13(17)14(9)18-8-10-5-3-2-4-6-10/h2-6,11-17H,1,7-8H2/t11-,12-,13-,14-/m0/s1. The molecule has 1 saturated carbocycles. The highest BCUT2D eigenvalue weighted by Gasteiger charge is 2.44. The molecule has 1 aromatic carbocycles. The number of ether oxygens (including phenoxy) is 1. The number of hydrogen-bond donors (Lipinski definition) is 3. The number of aliphatic hydroxyl groups excluding tert-OH is 3. The van der Waals surface area contributed by atoms with Crippen molar-refractivity contribution < 1.29 is 20.1 Å². The molecule has 1 fully saturated rings. The third-order valence-electron chi connectivity index (χ3n) is 3.38. The summed E-state index contributed by atoms with van der Waals surface area (Å²) < 4.78 is 5.60. The molecule has 0 heterocycles. The van der Waals surface area contributed by atoms with E-state index in [1.165, 1.54) is 0 Å². The summed E-state index contributed by atoms with van der Waals surface area (Å²) in [6.45, 7) is 3.90. The predicted molar refractivity (Wildman–Crippen MR) is 66.7 cm³/mol. The van der Waals surface area contributed by atoms with Crippen molar-refractivity contribution in [2.75, 3.05) is 6.61 Å². The maximum atomic E-state index is 9.86. The fourth-order valence-corrected chi connectivity index (χ4v) is 2.26. The number of benzene rings is 1. The molecule has 3 N–H and O–H groups in total. The number of aliphatic hydroxyl groups is 3. The van der Waals surface area contributed by atoms with Crippen molar-refractivity contribution in [1.82, 2.24) is 0 Å². The van der Waals surface area contributed by atoms with E-state index in [1.807, 2.05) is 30.3 Å². The normalized spacial score (nSPS) is 31.8. The molecule has 4 nitrogen and oxygen atoms in total. The first kappa shape index (κ1) is 13.2. The van der Waals surface area contributed by atoms with Crippen molar-refractivity contribution in [2.45, 2.75) is 24.9 Å². The number of hydrogen-bond acceptors (Lipinski definition) is 4. The molecule has 0 radical (unpaired) electrons. The lowest BCUT2D eigenvalue weighted by atomic mass is 10.0. The zero-order chi connectivity index (χ0) is 13.1. The first-order valence-electron chi connectivity index (χ1n) is 5.96. The molecule has 0 aromatic heterocycles. The van der Waals surface area contributed by atoms with Crippen molar-refractivity contribution in [3.8, 4) is 0 Å². The lowest BCUT2D eigenvalue weighted by molar-refractivity contribution is -0.0591. The quantitative estimate of drug-likeness (QED) is 0.679. The molecule has 1 aliphatic carbocycles. The van der Waals surface area contributed by atoms with Gasteiger partial charge < -0.3 is 20.1 Å². The predicted octanol–water partition coefficient (Wildman–Crippen LogP) is 0.472. The van der Waals surface area contributed by atoms with Crippen LogP contribution in [0.5, 0.6) is 0 Å². The van der Waals surface area contributed by atoms with Crippen molar-refractivity contribution in [3.63, 3.8) is 0 Å². The Hall–Kier alpha value is -1.20. The van der Waals surface area contributed by atoms with Crippen LogP contribution in [0, 0.1) is 5.92 Å². The maximum absolute atomic E-state index is 9.86. The zero-order valence-corrected chi connectivity index (χ0v) is 10.1. The van der Waals surface area contributed by atoms with Gasteiger partial charge >= 0.3 is 0 Å². The minimum Gasteiger partial charge on any atom is -0.396 e. The van der Waals surface area contributed by atoms with Gasteiger partial charge in [-0.15, -0.1) is 0 Å². The summed E-state index contributed by atoms with van der Waals surface area (Å²) >= 11 is 0. The summed E-state index contributed by atoms with van der Waals surface area (Å²) in [6.07, 6.45) is -2.67. The Morgan fingerprint density at radius 3 is 2.33 bits per heavy atom. The average molecular weight is 250 g/mol. The Bertz CT molecular complexity index is 404. The molecule has 4 heteroatoms. The van der Waals surface area contributed by atoms with Crippen LogP contribution in [-0.2, 0) is 11.3 Å². The first-order chi connectivity index (χ1) is 8.65. The van der Waals surface area contributed by atoms with Gasteiger partial charge in [-0.1, -0.05) is 36.9 Å². The van der Waals surface area contributed by atoms with Gasteiger partial charge in [0.1, 0.15) is 12.2 Å². The third-order valence-corrected chi connectivity index (χ3v) is 3.38. The van der Waals surface area contributed by atoms with E-state index in [0.29, 0.717) is 12.2 Å². The van der Waals surface area contributed by atoms with Gasteiger partial charge in [-0.3, -0.25) is 0 Å². The summed E-state index contributed by atoms with van der Waals surface area (Å²) in [6, 6.07) is 9.57. The summed E-state index contributed by atoms with van der Waals surface area (Å²) in [5, 5.41) is 28.7. The Labute approximate surface area is 106 Å². The Morgan fingerprint density at radius 2 is 1.78 bits per heavy atom. The fraction of sp³-hybridized carbons (Fsp3) is 0.429. The van der Waals surface area contributed by atoms with E-state index in [1.54, 1.807) is 0 Å². The molecule has 0 amide bonds. The zero-order valence-electron chi connectivity index (χ0n) is 10.1. The molecule has 1 aromatic rings. The van der Waals surface area contributed by atoms with Gasteiger partial charge in [0.2, 0.25) is 0 Å². The smallest absolute Gasteiger partial charge is 0.111 e. The Morgan fingerprint density at radius 1 is 1.11 bits per heavy atom. The van der Waals surface area contributed by atoms with Crippen LogP contribution >= 0.6 is 0 Å². The molecule has 0 aliphatic heterocycles. The van der Waals surface area contributed by atoms with Crippen molar-refractivity contribution in [3.05, 3.63) is 48.0 Å². The lowest BCUT2D eigenvalue weighted by Crippen LogP contribution is -2.32. The molecule has 0 bridgehead atoms. The second-order valence-electron chi connectivity index (χ2n) is 4.56. The average Bonchev–Trinajstić information content (AvgIpc) is 2.60. The molecule has 0 unspecified atom stereocenters. The SMILES string of the molecule is C=C1[C@H](CO)[C@H](O)[C@H](O)[C@H]1OCc1ccccc1. The lowest BCUT2D eigenvalue weighted by Gasteiger charge is -2.17. The summed E-state index contributed by atoms with van der Waals surface area (Å²) in [5.41, 5.74) is 1.54. The monoisotopic (exact) mass is 250 g/mol. The van der Waals surface area contributed by atoms with Crippen LogP contribution in [-0.4, -0.2) is 40.2 Å². The molecular formula is C14H18O4. The van der Waals surface area contributed by atoms with Gasteiger partial charge in [-0.2, -0.15) is 0 Å². The van der Waals surface area contributed by atoms with Gasteiger partial charge in [-0.05, 0) is 11.1 Å². The number of rotatable bonds is 4. The molecular weight excluding hydrogens is 232 g/mol. The summed E-state index contributed by atoms with van der Waals surface area (Å²) in [5.74, 6) is -0.513. The third kappa shape index (κ3) is 2.47. The highest BCUT2D eigenvalue weighted by molar-refractivity contribution is 5.21. The van der Waals surface area contributed by atoms with Gasteiger partial charge in [-0.25, -0.2) is 0 Å². The van der Waals surface area contributed by atoms with E-state index >= 15 is 0 Å². The van der Waals surface area contributed by atoms with Crippen LogP contribution in [0.25, 0.3) is 0 Å². The van der Waals surface area contributed by atoms with E-state index in [0.717, 1.165) is 5.56 Å². The minimum atomic E-state index is -1.03.